The molecule has 2 aliphatic rings. The molecule has 1 aromatic heterocycles. The number of ether oxygens (including phenoxy) is 2. The average molecular weight is 603 g/mol. The van der Waals surface area contributed by atoms with Crippen LogP contribution in [0.5, 0.6) is 11.5 Å². The summed E-state index contributed by atoms with van der Waals surface area (Å²) in [5, 5.41) is 16.8. The summed E-state index contributed by atoms with van der Waals surface area (Å²) >= 11 is 0. The van der Waals surface area contributed by atoms with E-state index in [0.717, 1.165) is 29.7 Å². The van der Waals surface area contributed by atoms with Crippen molar-refractivity contribution in [1.29, 1.82) is 0 Å². The van der Waals surface area contributed by atoms with Crippen molar-refractivity contribution in [3.05, 3.63) is 72.1 Å². The zero-order valence-electron chi connectivity index (χ0n) is 25.3. The topological polar surface area (TPSA) is 136 Å². The number of carbonyl (C=O) groups is 3. The summed E-state index contributed by atoms with van der Waals surface area (Å²) in [4.78, 5) is 39.7. The van der Waals surface area contributed by atoms with Crippen molar-refractivity contribution in [1.82, 2.24) is 31.0 Å². The van der Waals surface area contributed by atoms with Crippen LogP contribution in [0.3, 0.4) is 0 Å². The third-order valence-corrected chi connectivity index (χ3v) is 8.17. The van der Waals surface area contributed by atoms with Gasteiger partial charge in [-0.3, -0.25) is 14.4 Å². The highest BCUT2D eigenvalue weighted by atomic mass is 16.5. The smallest absolute Gasteiger partial charge is 0.257 e. The van der Waals surface area contributed by atoms with Crippen LogP contribution >= 0.6 is 0 Å². The van der Waals surface area contributed by atoms with Gasteiger partial charge in [0.25, 0.3) is 5.91 Å². The van der Waals surface area contributed by atoms with Crippen LogP contribution < -0.4 is 30.7 Å². The summed E-state index contributed by atoms with van der Waals surface area (Å²) in [7, 11) is 1.55. The Morgan fingerprint density at radius 1 is 1.09 bits per heavy atom. The van der Waals surface area contributed by atoms with E-state index in [-0.39, 0.29) is 30.9 Å². The summed E-state index contributed by atoms with van der Waals surface area (Å²) in [5.74, 6) is 0.896. The fourth-order valence-corrected chi connectivity index (χ4v) is 5.67. The zero-order valence-corrected chi connectivity index (χ0v) is 25.3. The van der Waals surface area contributed by atoms with Crippen molar-refractivity contribution in [3.8, 4) is 17.2 Å². The molecule has 44 heavy (non-hydrogen) atoms. The van der Waals surface area contributed by atoms with Gasteiger partial charge in [0.2, 0.25) is 11.8 Å². The monoisotopic (exact) mass is 602 g/mol. The molecule has 1 saturated carbocycles. The van der Waals surface area contributed by atoms with Crippen molar-refractivity contribution in [2.45, 2.75) is 45.1 Å². The molecule has 0 radical (unpaired) electrons. The molecule has 2 aromatic carbocycles. The number of para-hydroxylation sites is 1. The van der Waals surface area contributed by atoms with Gasteiger partial charge in [-0.15, -0.1) is 0 Å². The molecule has 4 N–H and O–H groups in total. The van der Waals surface area contributed by atoms with Gasteiger partial charge in [-0.05, 0) is 67.1 Å². The predicted octanol–water partition coefficient (Wildman–Crippen LogP) is 2.52. The van der Waals surface area contributed by atoms with E-state index in [1.54, 1.807) is 24.1 Å². The second-order valence-electron chi connectivity index (χ2n) is 11.6. The first-order valence-electron chi connectivity index (χ1n) is 15.4. The van der Waals surface area contributed by atoms with E-state index in [1.165, 1.54) is 0 Å². The SMILES string of the molecule is COc1ccc2cc1OCC(=O)NCCNCCCC(=O)NCC(CC1CC1)(C(=O)NCc1ccccc1-n1cccn1)C2. The first-order valence-corrected chi connectivity index (χ1v) is 15.4. The Labute approximate surface area is 258 Å². The molecule has 1 aliphatic carbocycles. The lowest BCUT2D eigenvalue weighted by molar-refractivity contribution is -0.132. The number of methoxy groups -OCH3 is 1. The van der Waals surface area contributed by atoms with E-state index in [9.17, 15) is 14.4 Å². The highest BCUT2D eigenvalue weighted by Gasteiger charge is 2.43. The number of hydrogen-bond acceptors (Lipinski definition) is 7. The van der Waals surface area contributed by atoms with Gasteiger partial charge in [-0.1, -0.05) is 37.1 Å². The summed E-state index contributed by atoms with van der Waals surface area (Å²) in [6.07, 6.45) is 7.73. The number of nitrogens with one attached hydrogen (secondary N) is 4. The fourth-order valence-electron chi connectivity index (χ4n) is 5.67. The van der Waals surface area contributed by atoms with Gasteiger partial charge in [0.05, 0.1) is 18.2 Å². The molecule has 11 heteroatoms. The van der Waals surface area contributed by atoms with Crippen molar-refractivity contribution in [2.75, 3.05) is 39.9 Å². The standard InChI is InChI=1S/C33H42N6O5/c1-43-28-12-11-25-18-29(28)44-22-31(41)35-16-15-34-13-4-8-30(40)37-23-33(20-25,19-24-9-10-24)32(42)36-21-26-6-2-3-7-27(26)39-17-5-14-38-39/h2-3,5-7,11-12,14,17-18,24,34H,4,8-10,13,15-16,19-23H2,1H3,(H,35,41)(H,36,42)(H,37,40). The van der Waals surface area contributed by atoms with Crippen LogP contribution in [0.2, 0.25) is 0 Å². The van der Waals surface area contributed by atoms with E-state index < -0.39 is 5.41 Å². The van der Waals surface area contributed by atoms with Crippen molar-refractivity contribution in [3.63, 3.8) is 0 Å². The summed E-state index contributed by atoms with van der Waals surface area (Å²) in [6, 6.07) is 15.2. The maximum atomic E-state index is 14.3. The Balaban J connectivity index is 1.43. The van der Waals surface area contributed by atoms with Crippen LogP contribution in [0.15, 0.2) is 60.9 Å². The van der Waals surface area contributed by atoms with Crippen LogP contribution in [0, 0.1) is 11.3 Å². The van der Waals surface area contributed by atoms with E-state index in [2.05, 4.69) is 26.4 Å². The number of rotatable bonds is 7. The van der Waals surface area contributed by atoms with Crippen LogP contribution in [-0.4, -0.2) is 67.4 Å². The van der Waals surface area contributed by atoms with E-state index in [0.29, 0.717) is 69.3 Å². The minimum atomic E-state index is -0.898. The average Bonchev–Trinajstić information content (AvgIpc) is 3.68. The van der Waals surface area contributed by atoms with Gasteiger partial charge < -0.3 is 30.7 Å². The summed E-state index contributed by atoms with van der Waals surface area (Å²) in [5.41, 5.74) is 1.78. The number of fused-ring (bicyclic) bond motifs is 2. The van der Waals surface area contributed by atoms with E-state index in [1.807, 2.05) is 48.7 Å². The molecular formula is C33H42N6O5. The van der Waals surface area contributed by atoms with Crippen LogP contribution in [-0.2, 0) is 27.3 Å². The Morgan fingerprint density at radius 2 is 1.95 bits per heavy atom. The predicted molar refractivity (Wildman–Crippen MR) is 166 cm³/mol. The molecule has 3 amide bonds. The lowest BCUT2D eigenvalue weighted by atomic mass is 9.75. The number of nitrogens with zero attached hydrogens (tertiary/aromatic N) is 2. The molecule has 234 valence electrons. The van der Waals surface area contributed by atoms with Gasteiger partial charge in [0, 0.05) is 45.0 Å². The van der Waals surface area contributed by atoms with Gasteiger partial charge in [0.1, 0.15) is 0 Å². The van der Waals surface area contributed by atoms with Crippen molar-refractivity contribution in [2.24, 2.45) is 11.3 Å². The third kappa shape index (κ3) is 8.37. The first kappa shape index (κ1) is 31.1. The van der Waals surface area contributed by atoms with Crippen molar-refractivity contribution >= 4 is 17.7 Å². The lowest BCUT2D eigenvalue weighted by Gasteiger charge is -2.33. The minimum Gasteiger partial charge on any atom is -0.493 e. The van der Waals surface area contributed by atoms with Gasteiger partial charge in [-0.2, -0.15) is 5.10 Å². The van der Waals surface area contributed by atoms with Gasteiger partial charge >= 0.3 is 0 Å². The highest BCUT2D eigenvalue weighted by molar-refractivity contribution is 5.85. The maximum Gasteiger partial charge on any atom is 0.257 e. The Hall–Kier alpha value is -4.38. The molecule has 1 aliphatic heterocycles. The largest absolute Gasteiger partial charge is 0.493 e. The lowest BCUT2D eigenvalue weighted by Crippen LogP contribution is -2.50. The molecule has 2 heterocycles. The Kier molecular flexibility index (Phi) is 10.5. The highest BCUT2D eigenvalue weighted by Crippen LogP contribution is 2.43. The van der Waals surface area contributed by atoms with Crippen molar-refractivity contribution < 1.29 is 23.9 Å². The molecule has 2 bridgehead atoms. The second kappa shape index (κ2) is 14.9. The molecule has 1 atom stereocenters. The molecular weight excluding hydrogens is 560 g/mol. The molecule has 3 aromatic rings. The van der Waals surface area contributed by atoms with Crippen LogP contribution in [0.4, 0.5) is 0 Å². The third-order valence-electron chi connectivity index (χ3n) is 8.17. The molecule has 5 rings (SSSR count). The number of carbonyl (C=O) groups excluding carboxylic acids is 3. The quantitative estimate of drug-likeness (QED) is 0.326. The molecule has 0 spiro atoms. The van der Waals surface area contributed by atoms with E-state index in [4.69, 9.17) is 9.47 Å². The number of hydrogen-bond donors (Lipinski definition) is 4. The minimum absolute atomic E-state index is 0.0861. The normalized spacial score (nSPS) is 20.3. The molecule has 0 saturated heterocycles. The van der Waals surface area contributed by atoms with Crippen LogP contribution in [0.1, 0.15) is 43.2 Å². The Morgan fingerprint density at radius 3 is 2.75 bits per heavy atom. The van der Waals surface area contributed by atoms with Gasteiger partial charge in [-0.25, -0.2) is 4.68 Å². The number of aromatic nitrogens is 2. The summed E-state index contributed by atoms with van der Waals surface area (Å²) in [6.45, 7) is 2.06. The van der Waals surface area contributed by atoms with E-state index >= 15 is 0 Å². The molecule has 1 unspecified atom stereocenters. The number of benzene rings is 2. The van der Waals surface area contributed by atoms with Crippen LogP contribution in [0.25, 0.3) is 5.69 Å². The first-order chi connectivity index (χ1) is 21.5. The second-order valence-corrected chi connectivity index (χ2v) is 11.6. The zero-order chi connectivity index (χ0) is 30.8. The maximum absolute atomic E-state index is 14.3. The van der Waals surface area contributed by atoms with Gasteiger partial charge in [0.15, 0.2) is 18.1 Å². The Bertz CT molecular complexity index is 1420. The summed E-state index contributed by atoms with van der Waals surface area (Å²) < 4.78 is 13.2. The molecule has 11 nitrogen and oxygen atoms in total. The fraction of sp³-hybridized carbons (Fsp3) is 0.455. The number of amides is 3. The molecule has 1 fully saturated rings.